The number of halogens is 2. The van der Waals surface area contributed by atoms with Crippen molar-refractivity contribution in [1.29, 1.82) is 0 Å². The number of alkyl halides is 2. The minimum atomic E-state index is -0.463. The third-order valence-electron chi connectivity index (χ3n) is 10.7. The molecule has 1 aliphatic heterocycles. The Morgan fingerprint density at radius 3 is 1.53 bits per heavy atom. The van der Waals surface area contributed by atoms with Crippen molar-refractivity contribution in [1.82, 2.24) is 0 Å². The molecule has 0 bridgehead atoms. The van der Waals surface area contributed by atoms with E-state index in [4.69, 9.17) is 23.2 Å². The van der Waals surface area contributed by atoms with Crippen LogP contribution in [0.1, 0.15) is 105 Å². The third-order valence-corrected chi connectivity index (χ3v) is 15.9. The molecule has 1 heterocycles. The summed E-state index contributed by atoms with van der Waals surface area (Å²) in [5, 5.41) is -0.181. The molecule has 2 atom stereocenters. The van der Waals surface area contributed by atoms with E-state index in [0.717, 1.165) is 23.6 Å². The summed E-state index contributed by atoms with van der Waals surface area (Å²) in [5.41, 5.74) is 15.4. The first-order valence-corrected chi connectivity index (χ1v) is 19.8. The first-order valence-electron chi connectivity index (χ1n) is 17.5. The molecule has 4 aliphatic rings. The van der Waals surface area contributed by atoms with Crippen LogP contribution in [0.3, 0.4) is 0 Å². The third kappa shape index (κ3) is 7.00. The van der Waals surface area contributed by atoms with Crippen molar-refractivity contribution in [2.24, 2.45) is 0 Å². The van der Waals surface area contributed by atoms with E-state index >= 15 is 0 Å². The van der Waals surface area contributed by atoms with Crippen molar-refractivity contribution in [3.63, 3.8) is 0 Å². The Bertz CT molecular complexity index is 1490. The first-order chi connectivity index (χ1) is 21.9. The average Bonchev–Trinajstić information content (AvgIpc) is 3.76. The van der Waals surface area contributed by atoms with Gasteiger partial charge in [-0.2, -0.15) is 0 Å². The maximum atomic E-state index is 8.32. The Balaban J connectivity index is 0.00000433. The van der Waals surface area contributed by atoms with E-state index in [2.05, 4.69) is 114 Å². The van der Waals surface area contributed by atoms with Gasteiger partial charge in [-0.3, -0.25) is 0 Å². The number of hydrogen-bond donors (Lipinski definition) is 0. The quantitative estimate of drug-likeness (QED) is 0.164. The number of rotatable bonds is 6. The summed E-state index contributed by atoms with van der Waals surface area (Å²) < 4.78 is -0.436. The normalized spacial score (nSPS) is 24.4. The predicted molar refractivity (Wildman–Crippen MR) is 204 cm³/mol. The zero-order chi connectivity index (χ0) is 32.9. The average molecular weight is 777 g/mol. The van der Waals surface area contributed by atoms with E-state index in [1.807, 2.05) is 0 Å². The molecule has 3 aliphatic carbocycles. The van der Waals surface area contributed by atoms with Gasteiger partial charge in [0.25, 0.3) is 0 Å². The van der Waals surface area contributed by atoms with Crippen LogP contribution < -0.4 is 9.80 Å². The summed E-state index contributed by atoms with van der Waals surface area (Å²) in [6.07, 6.45) is 20.7. The van der Waals surface area contributed by atoms with E-state index in [1.54, 1.807) is 0 Å². The summed E-state index contributed by atoms with van der Waals surface area (Å²) in [4.78, 5) is 4.86. The van der Waals surface area contributed by atoms with Crippen LogP contribution in [0.4, 0.5) is 11.4 Å². The molecule has 3 fully saturated rings. The molecule has 2 nitrogen and oxygen atoms in total. The van der Waals surface area contributed by atoms with Crippen LogP contribution >= 0.6 is 31.1 Å². The van der Waals surface area contributed by atoms with Gasteiger partial charge in [0, 0.05) is 37.5 Å². The molecule has 2 aromatic carbocycles. The Hall–Kier alpha value is -1.37. The smallest absolute Gasteiger partial charge is 0.127 e. The van der Waals surface area contributed by atoms with Crippen LogP contribution in [-0.2, 0) is 19.5 Å². The summed E-state index contributed by atoms with van der Waals surface area (Å²) in [5.74, 6) is 1.15. The first kappa shape index (κ1) is 36.9. The molecule has 254 valence electrons. The summed E-state index contributed by atoms with van der Waals surface area (Å²) in [6, 6.07) is 9.23. The van der Waals surface area contributed by atoms with Crippen LogP contribution in [0.5, 0.6) is 0 Å². The van der Waals surface area contributed by atoms with Crippen molar-refractivity contribution in [2.75, 3.05) is 9.80 Å². The number of hydrogen-bond acceptors (Lipinski definition) is 2. The fraction of sp³-hybridized carbons (Fsp3) is 0.512. The zero-order valence-corrected chi connectivity index (χ0v) is 33.8. The second kappa shape index (κ2) is 14.9. The molecule has 0 spiro atoms. The van der Waals surface area contributed by atoms with Crippen molar-refractivity contribution >= 4 is 42.5 Å². The monoisotopic (exact) mass is 776 g/mol. The molecule has 6 heteroatoms. The van der Waals surface area contributed by atoms with Gasteiger partial charge in [0.15, 0.2) is 0 Å². The van der Waals surface area contributed by atoms with Gasteiger partial charge in [0.05, 0.1) is 21.4 Å². The molecule has 6 rings (SSSR count). The van der Waals surface area contributed by atoms with Gasteiger partial charge in [-0.05, 0) is 127 Å². The molecule has 0 saturated heterocycles. The van der Waals surface area contributed by atoms with E-state index in [-0.39, 0.29) is 24.9 Å². The van der Waals surface area contributed by atoms with E-state index in [1.165, 1.54) is 113 Å². The Morgan fingerprint density at radius 2 is 1.15 bits per heavy atom. The van der Waals surface area contributed by atoms with Gasteiger partial charge in [-0.1, -0.05) is 86.7 Å². The maximum absolute atomic E-state index is 8.32. The summed E-state index contributed by atoms with van der Waals surface area (Å²) >= 11 is 16.1. The molecule has 2 aromatic rings. The predicted octanol–water partition coefficient (Wildman–Crippen LogP) is 12.7. The largest absolute Gasteiger partial charge is 0.301 e. The zero-order valence-electron chi connectivity index (χ0n) is 29.7. The number of allylic oxidation sites excluding steroid dienone is 5. The fourth-order valence-corrected chi connectivity index (χ4v) is 15.4. The molecular weight excluding hydrogens is 723 g/mol. The minimum absolute atomic E-state index is 0. The number of aryl methyl sites for hydroxylation is 6. The Labute approximate surface area is 309 Å². The molecular formula is C41H53Cl2N2PRu. The molecule has 2 unspecified atom stereocenters. The molecule has 0 amide bonds. The summed E-state index contributed by atoms with van der Waals surface area (Å²) in [6.45, 7) is 17.7. The van der Waals surface area contributed by atoms with Gasteiger partial charge in [0.1, 0.15) is 5.82 Å². The van der Waals surface area contributed by atoms with Gasteiger partial charge in [-0.25, -0.2) is 0 Å². The van der Waals surface area contributed by atoms with Gasteiger partial charge >= 0.3 is 0 Å². The van der Waals surface area contributed by atoms with Gasteiger partial charge in [0.2, 0.25) is 0 Å². The topological polar surface area (TPSA) is 6.48 Å². The second-order valence-electron chi connectivity index (χ2n) is 14.8. The van der Waals surface area contributed by atoms with Crippen molar-refractivity contribution in [3.8, 4) is 0 Å². The number of nitrogens with zero attached hydrogens (tertiary/aromatic N) is 2. The maximum Gasteiger partial charge on any atom is 0.127 e. The minimum Gasteiger partial charge on any atom is -0.301 e. The fourth-order valence-electron chi connectivity index (χ4n) is 9.15. The van der Waals surface area contributed by atoms with Crippen LogP contribution in [0.25, 0.3) is 0 Å². The standard InChI is InChI=1S/C41H53Cl2N2P.Ru/c1-26(2)17-18-35-37(36(42)25-41(35,43)46(33-13-9-10-14-33)34-15-11-12-16-34)40-44(38-29(5)21-27(3)22-30(38)6)19-20-45(40)39-31(7)23-28(4)24-32(39)8;/h17-24,33-34,36H,9-16,25H2,1-8H3;. The molecule has 3 saturated carbocycles. The van der Waals surface area contributed by atoms with E-state index in [9.17, 15) is 0 Å². The Morgan fingerprint density at radius 1 is 0.745 bits per heavy atom. The second-order valence-corrected chi connectivity index (χ2v) is 19.3. The van der Waals surface area contributed by atoms with E-state index < -0.39 is 12.5 Å². The molecule has 0 aromatic heterocycles. The Kier molecular flexibility index (Phi) is 11.7. The number of benzene rings is 2. The summed E-state index contributed by atoms with van der Waals surface area (Å²) in [7, 11) is -0.463. The SMILES string of the molecule is CC(C)=CC=C1C(=C2N(c3c(C)cc(C)cc3C)C=CN2c2c(C)cc(C)cc2C)C(Cl)CC1(Cl)P(C1CCCC1)C1CCCC1.[Ru]. The van der Waals surface area contributed by atoms with E-state index in [0.29, 0.717) is 0 Å². The van der Waals surface area contributed by atoms with Crippen LogP contribution in [0.15, 0.2) is 71.4 Å². The van der Waals surface area contributed by atoms with Gasteiger partial charge < -0.3 is 9.80 Å². The van der Waals surface area contributed by atoms with Gasteiger partial charge in [-0.15, -0.1) is 23.2 Å². The van der Waals surface area contributed by atoms with Crippen LogP contribution in [0.2, 0.25) is 0 Å². The van der Waals surface area contributed by atoms with Crippen molar-refractivity contribution in [2.45, 2.75) is 134 Å². The van der Waals surface area contributed by atoms with Crippen molar-refractivity contribution in [3.05, 3.63) is 105 Å². The van der Waals surface area contributed by atoms with Crippen LogP contribution in [-0.4, -0.2) is 21.3 Å². The molecule has 0 N–H and O–H groups in total. The van der Waals surface area contributed by atoms with Crippen LogP contribution in [0, 0.1) is 41.5 Å². The van der Waals surface area contributed by atoms with Crippen molar-refractivity contribution < 1.29 is 19.5 Å². The molecule has 0 radical (unpaired) electrons. The number of anilines is 2. The molecule has 47 heavy (non-hydrogen) atoms.